The first kappa shape index (κ1) is 31.4. The highest BCUT2D eigenvalue weighted by atomic mass is 14.7. The van der Waals surface area contributed by atoms with Crippen LogP contribution in [0.2, 0.25) is 0 Å². The van der Waals surface area contributed by atoms with Gasteiger partial charge in [-0.3, -0.25) is 9.97 Å². The lowest BCUT2D eigenvalue weighted by molar-refractivity contribution is 1.33. The molecule has 0 spiro atoms. The average molecular weight is 689 g/mol. The molecule has 4 heteroatoms. The largest absolute Gasteiger partial charge is 0.256 e. The van der Waals surface area contributed by atoms with Gasteiger partial charge >= 0.3 is 0 Å². The summed E-state index contributed by atoms with van der Waals surface area (Å²) in [5, 5.41) is 4.32. The van der Waals surface area contributed by atoms with Crippen molar-refractivity contribution in [3.63, 3.8) is 0 Å². The summed E-state index contributed by atoms with van der Waals surface area (Å²) in [6.45, 7) is 0. The molecule has 0 aliphatic rings. The van der Waals surface area contributed by atoms with Crippen molar-refractivity contribution in [2.45, 2.75) is 0 Å². The summed E-state index contributed by atoms with van der Waals surface area (Å²) >= 11 is 0. The predicted molar refractivity (Wildman–Crippen MR) is 223 cm³/mol. The monoisotopic (exact) mass is 688 g/mol. The van der Waals surface area contributed by atoms with Crippen LogP contribution in [0.1, 0.15) is 0 Å². The van der Waals surface area contributed by atoms with E-state index in [4.69, 9.17) is 9.97 Å². The first-order valence-electron chi connectivity index (χ1n) is 18.1. The van der Waals surface area contributed by atoms with Gasteiger partial charge in [-0.1, -0.05) is 146 Å². The molecule has 4 heterocycles. The molecule has 0 bridgehead atoms. The van der Waals surface area contributed by atoms with Crippen LogP contribution in [0.3, 0.4) is 0 Å². The van der Waals surface area contributed by atoms with Gasteiger partial charge in [-0.15, -0.1) is 0 Å². The Morgan fingerprint density at radius 1 is 0.259 bits per heavy atom. The molecule has 54 heavy (non-hydrogen) atoms. The van der Waals surface area contributed by atoms with Crippen molar-refractivity contribution < 1.29 is 0 Å². The number of nitrogens with zero attached hydrogens (tertiary/aromatic N) is 4. The number of benzene rings is 6. The molecule has 0 aliphatic carbocycles. The number of hydrogen-bond acceptors (Lipinski definition) is 4. The van der Waals surface area contributed by atoms with Crippen LogP contribution in [0, 0.1) is 0 Å². The Morgan fingerprint density at radius 2 is 0.611 bits per heavy atom. The lowest BCUT2D eigenvalue weighted by Gasteiger charge is -2.16. The molecule has 0 saturated heterocycles. The van der Waals surface area contributed by atoms with Crippen molar-refractivity contribution in [2.24, 2.45) is 0 Å². The van der Waals surface area contributed by atoms with Crippen molar-refractivity contribution in [1.29, 1.82) is 0 Å². The Balaban J connectivity index is 1.20. The van der Waals surface area contributed by atoms with Gasteiger partial charge in [-0.2, -0.15) is 0 Å². The molecule has 0 unspecified atom stereocenters. The lowest BCUT2D eigenvalue weighted by Crippen LogP contribution is -1.94. The molecular weight excluding hydrogens is 657 g/mol. The molecule has 0 atom stereocenters. The average Bonchev–Trinajstić information content (AvgIpc) is 3.26. The second kappa shape index (κ2) is 13.4. The number of hydrogen-bond donors (Lipinski definition) is 0. The van der Waals surface area contributed by atoms with E-state index in [0.717, 1.165) is 99.9 Å². The molecule has 10 rings (SSSR count). The van der Waals surface area contributed by atoms with Gasteiger partial charge in [-0.05, 0) is 58.7 Å². The van der Waals surface area contributed by atoms with Gasteiger partial charge in [-0.25, -0.2) is 9.97 Å². The fourth-order valence-corrected chi connectivity index (χ4v) is 7.48. The Hall–Kier alpha value is -7.30. The lowest BCUT2D eigenvalue weighted by atomic mass is 9.92. The Morgan fingerprint density at radius 3 is 1.00 bits per heavy atom. The minimum Gasteiger partial charge on any atom is -0.256 e. The summed E-state index contributed by atoms with van der Waals surface area (Å²) in [4.78, 5) is 19.9. The molecule has 0 aliphatic heterocycles. The van der Waals surface area contributed by atoms with Gasteiger partial charge in [0.15, 0.2) is 0 Å². The molecule has 10 aromatic rings. The quantitative estimate of drug-likeness (QED) is 0.163. The maximum absolute atomic E-state index is 5.39. The summed E-state index contributed by atoms with van der Waals surface area (Å²) in [5.74, 6) is 0. The normalized spacial score (nSPS) is 11.3. The minimum atomic E-state index is 0.930. The van der Waals surface area contributed by atoms with E-state index in [1.807, 2.05) is 60.9 Å². The summed E-state index contributed by atoms with van der Waals surface area (Å²) in [6, 6.07) is 63.6. The molecular formula is C50H32N4. The van der Waals surface area contributed by atoms with E-state index in [-0.39, 0.29) is 0 Å². The molecule has 252 valence electrons. The van der Waals surface area contributed by atoms with E-state index < -0.39 is 0 Å². The topological polar surface area (TPSA) is 51.6 Å². The van der Waals surface area contributed by atoms with Gasteiger partial charge in [0, 0.05) is 56.2 Å². The van der Waals surface area contributed by atoms with E-state index in [0.29, 0.717) is 0 Å². The van der Waals surface area contributed by atoms with Crippen molar-refractivity contribution in [2.75, 3.05) is 0 Å². The molecule has 0 N–H and O–H groups in total. The molecule has 4 nitrogen and oxygen atoms in total. The van der Waals surface area contributed by atoms with Crippen LogP contribution in [0.15, 0.2) is 194 Å². The highest BCUT2D eigenvalue weighted by Gasteiger charge is 2.17. The Kier molecular flexibility index (Phi) is 7.77. The Labute approximate surface area is 313 Å². The molecule has 0 saturated carbocycles. The zero-order chi connectivity index (χ0) is 35.8. The van der Waals surface area contributed by atoms with Crippen molar-refractivity contribution in [1.82, 2.24) is 19.9 Å². The minimum absolute atomic E-state index is 0.930. The second-order valence-electron chi connectivity index (χ2n) is 13.4. The Bertz CT molecular complexity index is 2720. The molecule has 0 amide bonds. The number of fused-ring (bicyclic) bond motifs is 5. The van der Waals surface area contributed by atoms with Crippen LogP contribution in [-0.2, 0) is 0 Å². The summed E-state index contributed by atoms with van der Waals surface area (Å²) in [5.41, 5.74) is 14.5. The zero-order valence-corrected chi connectivity index (χ0v) is 29.3. The van der Waals surface area contributed by atoms with E-state index in [1.54, 1.807) is 0 Å². The second-order valence-corrected chi connectivity index (χ2v) is 13.4. The first-order valence-corrected chi connectivity index (χ1v) is 18.1. The number of pyridine rings is 4. The third-order valence-corrected chi connectivity index (χ3v) is 10.2. The standard InChI is InChI=1S/C50H32N4/c1-3-11-35(12-4-1)47-31-43(33-17-21-37(22-18-33)45-15-7-9-29-51-45)41-27-26-40-39(49(41)53-47)25-28-42-44(32-48(54-50(40)42)36-13-5-2-6-14-36)34-19-23-38(24-20-34)46-16-8-10-30-52-46/h1-32H. The molecule has 0 fully saturated rings. The summed E-state index contributed by atoms with van der Waals surface area (Å²) in [6.07, 6.45) is 3.67. The summed E-state index contributed by atoms with van der Waals surface area (Å²) in [7, 11) is 0. The fourth-order valence-electron chi connectivity index (χ4n) is 7.48. The maximum atomic E-state index is 5.39. The van der Waals surface area contributed by atoms with E-state index >= 15 is 0 Å². The van der Waals surface area contributed by atoms with Crippen LogP contribution < -0.4 is 0 Å². The fraction of sp³-hybridized carbons (Fsp3) is 0. The molecule has 6 aromatic carbocycles. The van der Waals surface area contributed by atoms with Crippen LogP contribution in [-0.4, -0.2) is 19.9 Å². The number of aromatic nitrogens is 4. The van der Waals surface area contributed by atoms with Gasteiger partial charge in [0.25, 0.3) is 0 Å². The van der Waals surface area contributed by atoms with Crippen LogP contribution in [0.4, 0.5) is 0 Å². The van der Waals surface area contributed by atoms with Gasteiger partial charge in [0.05, 0.1) is 33.8 Å². The smallest absolute Gasteiger partial charge is 0.0794 e. The van der Waals surface area contributed by atoms with Gasteiger partial charge in [0.2, 0.25) is 0 Å². The van der Waals surface area contributed by atoms with E-state index in [2.05, 4.69) is 143 Å². The number of rotatable bonds is 6. The molecule has 4 aromatic heterocycles. The van der Waals surface area contributed by atoms with Crippen molar-refractivity contribution in [3.05, 3.63) is 194 Å². The third-order valence-electron chi connectivity index (χ3n) is 10.2. The molecule has 0 radical (unpaired) electrons. The van der Waals surface area contributed by atoms with Gasteiger partial charge < -0.3 is 0 Å². The SMILES string of the molecule is c1ccc(-c2cc(-c3ccc(-c4ccccn4)cc3)c3ccc4c(ccc5c(-c6ccc(-c7ccccn7)cc6)cc(-c6ccccc6)nc54)c3n2)cc1. The van der Waals surface area contributed by atoms with E-state index in [9.17, 15) is 0 Å². The highest BCUT2D eigenvalue weighted by Crippen LogP contribution is 2.41. The third kappa shape index (κ3) is 5.67. The van der Waals surface area contributed by atoms with Crippen LogP contribution >= 0.6 is 0 Å². The van der Waals surface area contributed by atoms with Crippen molar-refractivity contribution in [3.8, 4) is 67.3 Å². The van der Waals surface area contributed by atoms with Gasteiger partial charge in [0.1, 0.15) is 0 Å². The van der Waals surface area contributed by atoms with Crippen molar-refractivity contribution >= 4 is 32.6 Å². The highest BCUT2D eigenvalue weighted by molar-refractivity contribution is 6.19. The van der Waals surface area contributed by atoms with Crippen LogP contribution in [0.5, 0.6) is 0 Å². The summed E-state index contributed by atoms with van der Waals surface area (Å²) < 4.78 is 0. The van der Waals surface area contributed by atoms with Crippen LogP contribution in [0.25, 0.3) is 99.9 Å². The first-order chi connectivity index (χ1) is 26.8. The van der Waals surface area contributed by atoms with E-state index in [1.165, 1.54) is 0 Å². The zero-order valence-electron chi connectivity index (χ0n) is 29.3. The maximum Gasteiger partial charge on any atom is 0.0794 e. The predicted octanol–water partition coefficient (Wildman–Crippen LogP) is 12.7.